The molecule has 0 amide bonds. The first-order valence-electron chi connectivity index (χ1n) is 10.2. The summed E-state index contributed by atoms with van der Waals surface area (Å²) in [5.74, 6) is -1.01. The molecule has 0 radical (unpaired) electrons. The predicted molar refractivity (Wildman–Crippen MR) is 114 cm³/mol. The van der Waals surface area contributed by atoms with Crippen molar-refractivity contribution < 1.29 is 23.1 Å². The van der Waals surface area contributed by atoms with Gasteiger partial charge in [-0.2, -0.15) is 4.31 Å². The number of aliphatic carboxylic acids is 1. The van der Waals surface area contributed by atoms with E-state index in [0.29, 0.717) is 36.6 Å². The van der Waals surface area contributed by atoms with Gasteiger partial charge in [-0.05, 0) is 42.7 Å². The Morgan fingerprint density at radius 2 is 2.03 bits per heavy atom. The number of aryl methyl sites for hydroxylation is 1. The molecule has 0 spiro atoms. The minimum atomic E-state index is -3.61. The van der Waals surface area contributed by atoms with Crippen molar-refractivity contribution in [3.8, 4) is 11.3 Å². The number of likely N-dealkylation sites (N-methyl/N-ethyl adjacent to an activating group) is 1. The predicted octanol–water partition coefficient (Wildman–Crippen LogP) is 3.30. The Morgan fingerprint density at radius 3 is 2.63 bits per heavy atom. The van der Waals surface area contributed by atoms with Crippen LogP contribution in [0.5, 0.6) is 0 Å². The zero-order valence-corrected chi connectivity index (χ0v) is 18.4. The van der Waals surface area contributed by atoms with Gasteiger partial charge in [-0.1, -0.05) is 26.0 Å². The van der Waals surface area contributed by atoms with Gasteiger partial charge in [-0.25, -0.2) is 8.42 Å². The van der Waals surface area contributed by atoms with E-state index in [2.05, 4.69) is 4.98 Å². The normalized spacial score (nSPS) is 17.1. The van der Waals surface area contributed by atoms with E-state index in [1.165, 1.54) is 4.31 Å². The molecule has 1 aromatic carbocycles. The fraction of sp³-hybridized carbons (Fsp3) is 0.455. The van der Waals surface area contributed by atoms with Gasteiger partial charge in [0.1, 0.15) is 0 Å². The zero-order valence-electron chi connectivity index (χ0n) is 17.5. The van der Waals surface area contributed by atoms with Gasteiger partial charge in [-0.15, -0.1) is 0 Å². The largest absolute Gasteiger partial charge is 0.481 e. The van der Waals surface area contributed by atoms with Gasteiger partial charge in [0, 0.05) is 30.8 Å². The van der Waals surface area contributed by atoms with E-state index in [-0.39, 0.29) is 18.4 Å². The quantitative estimate of drug-likeness (QED) is 0.578. The monoisotopic (exact) mass is 432 g/mol. The fourth-order valence-corrected chi connectivity index (χ4v) is 4.97. The lowest BCUT2D eigenvalue weighted by molar-refractivity contribution is -0.137. The second-order valence-corrected chi connectivity index (χ2v) is 9.58. The van der Waals surface area contributed by atoms with Gasteiger partial charge in [0.05, 0.1) is 29.7 Å². The summed E-state index contributed by atoms with van der Waals surface area (Å²) in [5.41, 5.74) is 2.97. The maximum atomic E-state index is 13.0. The molecular formula is C22H28N2O5S. The molecule has 1 aliphatic rings. The molecule has 1 unspecified atom stereocenters. The number of sulfonamides is 1. The van der Waals surface area contributed by atoms with Crippen LogP contribution in [0, 0.1) is 0 Å². The van der Waals surface area contributed by atoms with Crippen LogP contribution < -0.4 is 0 Å². The lowest BCUT2D eigenvalue weighted by Crippen LogP contribution is -2.31. The summed E-state index contributed by atoms with van der Waals surface area (Å²) in [6.45, 7) is 4.81. The van der Waals surface area contributed by atoms with Crippen LogP contribution in [0.1, 0.15) is 43.9 Å². The number of carboxylic acid groups (broad SMARTS) is 1. The third-order valence-electron chi connectivity index (χ3n) is 5.39. The van der Waals surface area contributed by atoms with Crippen molar-refractivity contribution in [2.45, 2.75) is 50.0 Å². The summed E-state index contributed by atoms with van der Waals surface area (Å²) in [7, 11) is -2.03. The number of rotatable bonds is 10. The van der Waals surface area contributed by atoms with Crippen LogP contribution in [-0.4, -0.2) is 55.1 Å². The number of carbonyl (C=O) groups is 1. The minimum Gasteiger partial charge on any atom is -0.481 e. The van der Waals surface area contributed by atoms with Gasteiger partial charge in [-0.3, -0.25) is 9.78 Å². The van der Waals surface area contributed by atoms with Crippen molar-refractivity contribution in [2.24, 2.45) is 0 Å². The van der Waals surface area contributed by atoms with Gasteiger partial charge in [0.2, 0.25) is 10.0 Å². The first kappa shape index (κ1) is 22.4. The zero-order chi connectivity index (χ0) is 21.9. The maximum Gasteiger partial charge on any atom is 0.304 e. The molecule has 0 bridgehead atoms. The Kier molecular flexibility index (Phi) is 6.90. The molecule has 2 aromatic rings. The number of hydrogen-bond donors (Lipinski definition) is 1. The van der Waals surface area contributed by atoms with Crippen molar-refractivity contribution in [1.82, 2.24) is 9.29 Å². The van der Waals surface area contributed by atoms with Crippen LogP contribution in [0.25, 0.3) is 11.3 Å². The number of pyridine rings is 1. The van der Waals surface area contributed by atoms with E-state index in [9.17, 15) is 13.2 Å². The molecule has 1 N–H and O–H groups in total. The van der Waals surface area contributed by atoms with Gasteiger partial charge >= 0.3 is 5.97 Å². The standard InChI is InChI=1S/C22H28N2O5S/c1-4-15(12-22(25)26)19-7-6-8-20(23-19)17-9-10-21(16(5-2)11-17)30(27,28)24(3)13-18-14-29-18/h6-11,15,18H,4-5,12-14H2,1-3H3,(H,25,26)/t15-,18?/m0/s1. The number of aromatic nitrogens is 1. The highest BCUT2D eigenvalue weighted by molar-refractivity contribution is 7.89. The number of benzene rings is 1. The van der Waals surface area contributed by atoms with Crippen molar-refractivity contribution in [2.75, 3.05) is 20.2 Å². The van der Waals surface area contributed by atoms with Crippen LogP contribution in [0.15, 0.2) is 41.3 Å². The van der Waals surface area contributed by atoms with E-state index in [4.69, 9.17) is 9.84 Å². The number of epoxide rings is 1. The third kappa shape index (κ3) is 5.06. The Morgan fingerprint density at radius 1 is 1.30 bits per heavy atom. The molecule has 1 fully saturated rings. The van der Waals surface area contributed by atoms with Crippen molar-refractivity contribution in [1.29, 1.82) is 0 Å². The van der Waals surface area contributed by atoms with E-state index < -0.39 is 16.0 Å². The fourth-order valence-electron chi connectivity index (χ4n) is 3.50. The molecule has 2 atom stereocenters. The second kappa shape index (κ2) is 9.24. The molecule has 2 heterocycles. The molecule has 0 saturated carbocycles. The van der Waals surface area contributed by atoms with Crippen LogP contribution in [0.4, 0.5) is 0 Å². The summed E-state index contributed by atoms with van der Waals surface area (Å²) in [5, 5.41) is 9.14. The first-order valence-corrected chi connectivity index (χ1v) is 11.6. The van der Waals surface area contributed by atoms with E-state index in [1.807, 2.05) is 38.1 Å². The molecular weight excluding hydrogens is 404 g/mol. The highest BCUT2D eigenvalue weighted by Crippen LogP contribution is 2.29. The number of nitrogens with zero attached hydrogens (tertiary/aromatic N) is 2. The smallest absolute Gasteiger partial charge is 0.304 e. The van der Waals surface area contributed by atoms with E-state index in [0.717, 1.165) is 16.8 Å². The molecule has 1 aromatic heterocycles. The van der Waals surface area contributed by atoms with Gasteiger partial charge < -0.3 is 9.84 Å². The van der Waals surface area contributed by atoms with Crippen molar-refractivity contribution in [3.63, 3.8) is 0 Å². The van der Waals surface area contributed by atoms with E-state index in [1.54, 1.807) is 19.2 Å². The topological polar surface area (TPSA) is 100 Å². The lowest BCUT2D eigenvalue weighted by atomic mass is 9.97. The third-order valence-corrected chi connectivity index (χ3v) is 7.32. The number of hydrogen-bond acceptors (Lipinski definition) is 5. The summed E-state index contributed by atoms with van der Waals surface area (Å²) in [4.78, 5) is 16.1. The average molecular weight is 433 g/mol. The molecule has 1 aliphatic heterocycles. The average Bonchev–Trinajstić information content (AvgIpc) is 3.55. The number of ether oxygens (including phenoxy) is 1. The second-order valence-electron chi connectivity index (χ2n) is 7.57. The van der Waals surface area contributed by atoms with E-state index >= 15 is 0 Å². The first-order chi connectivity index (χ1) is 14.3. The molecule has 7 nitrogen and oxygen atoms in total. The Hall–Kier alpha value is -2.29. The maximum absolute atomic E-state index is 13.0. The summed E-state index contributed by atoms with van der Waals surface area (Å²) in [6, 6.07) is 10.8. The Labute approximate surface area is 177 Å². The SMILES string of the molecule is CCc1cc(-c2cccc([C@@H](CC)CC(=O)O)n2)ccc1S(=O)(=O)N(C)CC1CO1. The van der Waals surface area contributed by atoms with Crippen LogP contribution in [0.2, 0.25) is 0 Å². The molecule has 8 heteroatoms. The molecule has 1 saturated heterocycles. The summed E-state index contributed by atoms with van der Waals surface area (Å²) >= 11 is 0. The van der Waals surface area contributed by atoms with Gasteiger partial charge in [0.15, 0.2) is 0 Å². The molecule has 162 valence electrons. The molecule has 0 aliphatic carbocycles. The lowest BCUT2D eigenvalue weighted by Gasteiger charge is -2.19. The van der Waals surface area contributed by atoms with Crippen LogP contribution in [-0.2, 0) is 26.0 Å². The van der Waals surface area contributed by atoms with Crippen LogP contribution in [0.3, 0.4) is 0 Å². The molecule has 3 rings (SSSR count). The Balaban J connectivity index is 1.93. The minimum absolute atomic E-state index is 0.0154. The highest BCUT2D eigenvalue weighted by atomic mass is 32.2. The number of carboxylic acids is 1. The summed E-state index contributed by atoms with van der Waals surface area (Å²) in [6.07, 6.45) is 1.25. The molecule has 30 heavy (non-hydrogen) atoms. The highest BCUT2D eigenvalue weighted by Gasteiger charge is 2.31. The van der Waals surface area contributed by atoms with Crippen molar-refractivity contribution in [3.05, 3.63) is 47.7 Å². The van der Waals surface area contributed by atoms with Crippen LogP contribution >= 0.6 is 0 Å². The van der Waals surface area contributed by atoms with Gasteiger partial charge in [0.25, 0.3) is 0 Å². The Bertz CT molecular complexity index is 1020. The summed E-state index contributed by atoms with van der Waals surface area (Å²) < 4.78 is 32.5. The van der Waals surface area contributed by atoms with Crippen molar-refractivity contribution >= 4 is 16.0 Å².